The number of aryl methyl sites for hydroxylation is 1. The predicted octanol–water partition coefficient (Wildman–Crippen LogP) is 2.78. The second-order valence-electron chi connectivity index (χ2n) is 10.7. The van der Waals surface area contributed by atoms with E-state index in [0.717, 1.165) is 35.9 Å². The SMILES string of the molecule is CC[C@@]1(O)CC(=O)OCc2c1cc1n(c2=O)Cc2c-1nc1cc(F)c(C)cc1c2CNCC1CC(O)C1. The fourth-order valence-corrected chi connectivity index (χ4v) is 5.96. The summed E-state index contributed by atoms with van der Waals surface area (Å²) < 4.78 is 21.5. The van der Waals surface area contributed by atoms with Gasteiger partial charge in [-0.2, -0.15) is 0 Å². The van der Waals surface area contributed by atoms with E-state index in [-0.39, 0.29) is 49.0 Å². The van der Waals surface area contributed by atoms with Gasteiger partial charge in [-0.15, -0.1) is 0 Å². The van der Waals surface area contributed by atoms with Crippen molar-refractivity contribution in [2.45, 2.75) is 70.9 Å². The van der Waals surface area contributed by atoms with Crippen molar-refractivity contribution in [3.63, 3.8) is 0 Å². The lowest BCUT2D eigenvalue weighted by atomic mass is 9.82. The topological polar surface area (TPSA) is 114 Å². The zero-order valence-corrected chi connectivity index (χ0v) is 20.9. The molecule has 1 fully saturated rings. The van der Waals surface area contributed by atoms with Crippen LogP contribution < -0.4 is 10.9 Å². The number of hydrogen-bond acceptors (Lipinski definition) is 7. The van der Waals surface area contributed by atoms with Crippen molar-refractivity contribution < 1.29 is 24.1 Å². The Balaban J connectivity index is 1.50. The lowest BCUT2D eigenvalue weighted by Gasteiger charge is -2.31. The summed E-state index contributed by atoms with van der Waals surface area (Å²) in [6.45, 7) is 4.85. The van der Waals surface area contributed by atoms with Gasteiger partial charge >= 0.3 is 5.97 Å². The van der Waals surface area contributed by atoms with Gasteiger partial charge < -0.3 is 24.8 Å². The smallest absolute Gasteiger partial charge is 0.309 e. The number of rotatable bonds is 5. The molecule has 4 heterocycles. The van der Waals surface area contributed by atoms with Crippen LogP contribution in [0.25, 0.3) is 22.3 Å². The normalized spacial score (nSPS) is 24.2. The van der Waals surface area contributed by atoms with Crippen LogP contribution in [0.15, 0.2) is 23.0 Å². The van der Waals surface area contributed by atoms with E-state index in [4.69, 9.17) is 9.72 Å². The maximum atomic E-state index is 14.6. The number of carbonyl (C=O) groups is 1. The van der Waals surface area contributed by atoms with Crippen LogP contribution in [0.5, 0.6) is 0 Å². The number of aliphatic hydroxyl groups excluding tert-OH is 1. The Hall–Kier alpha value is -3.14. The minimum Gasteiger partial charge on any atom is -0.460 e. The largest absolute Gasteiger partial charge is 0.460 e. The summed E-state index contributed by atoms with van der Waals surface area (Å²) in [6.07, 6.45) is 1.35. The number of aliphatic hydroxyl groups is 2. The first-order chi connectivity index (χ1) is 17.7. The first-order valence-electron chi connectivity index (χ1n) is 12.8. The number of aromatic nitrogens is 2. The zero-order valence-electron chi connectivity index (χ0n) is 20.9. The summed E-state index contributed by atoms with van der Waals surface area (Å²) in [5.41, 5.74) is 2.83. The van der Waals surface area contributed by atoms with Gasteiger partial charge in [0.1, 0.15) is 18.0 Å². The van der Waals surface area contributed by atoms with Crippen LogP contribution in [-0.4, -0.2) is 38.4 Å². The summed E-state index contributed by atoms with van der Waals surface area (Å²) in [4.78, 5) is 30.6. The molecule has 37 heavy (non-hydrogen) atoms. The quantitative estimate of drug-likeness (QED) is 0.356. The highest BCUT2D eigenvalue weighted by Crippen LogP contribution is 2.40. The molecule has 3 aliphatic rings. The molecular formula is C28H30FN3O5. The fourth-order valence-electron chi connectivity index (χ4n) is 5.96. The molecule has 0 amide bonds. The maximum Gasteiger partial charge on any atom is 0.309 e. The molecule has 3 N–H and O–H groups in total. The van der Waals surface area contributed by atoms with E-state index in [2.05, 4.69) is 5.32 Å². The van der Waals surface area contributed by atoms with Crippen molar-refractivity contribution in [2.24, 2.45) is 5.92 Å². The molecular weight excluding hydrogens is 477 g/mol. The molecule has 8 nitrogen and oxygen atoms in total. The molecule has 0 unspecified atom stereocenters. The number of esters is 1. The standard InChI is InChI=1S/C28H30FN3O5/c1-3-28(36)9-25(34)37-13-20-21(28)7-24-26-19(12-32(24)27(20)35)18(11-30-10-15-5-16(33)6-15)17-4-14(2)22(29)8-23(17)31-26/h4,7-8,15-16,30,33,36H,3,5-6,9-13H2,1-2H3/t15?,16?,28-/m1/s1. The molecule has 9 heteroatoms. The van der Waals surface area contributed by atoms with Gasteiger partial charge in [-0.1, -0.05) is 6.92 Å². The number of benzene rings is 1. The number of pyridine rings is 2. The van der Waals surface area contributed by atoms with E-state index in [9.17, 15) is 24.2 Å². The Morgan fingerprint density at radius 1 is 1.24 bits per heavy atom. The summed E-state index contributed by atoms with van der Waals surface area (Å²) in [7, 11) is 0. The first-order valence-corrected chi connectivity index (χ1v) is 12.8. The summed E-state index contributed by atoms with van der Waals surface area (Å²) in [6, 6.07) is 4.98. The predicted molar refractivity (Wildman–Crippen MR) is 134 cm³/mol. The van der Waals surface area contributed by atoms with Gasteiger partial charge in [0, 0.05) is 23.6 Å². The molecule has 1 aliphatic carbocycles. The lowest BCUT2D eigenvalue weighted by molar-refractivity contribution is -0.149. The maximum absolute atomic E-state index is 14.6. The molecule has 1 atom stereocenters. The number of hydrogen-bond donors (Lipinski definition) is 3. The average Bonchev–Trinajstić information content (AvgIpc) is 3.14. The molecule has 0 bridgehead atoms. The van der Waals surface area contributed by atoms with Gasteiger partial charge in [-0.3, -0.25) is 9.59 Å². The second-order valence-corrected chi connectivity index (χ2v) is 10.7. The van der Waals surface area contributed by atoms with Crippen LogP contribution in [0.4, 0.5) is 4.39 Å². The van der Waals surface area contributed by atoms with Gasteiger partial charge in [0.15, 0.2) is 0 Å². The molecule has 2 aromatic heterocycles. The molecule has 1 saturated carbocycles. The molecule has 0 radical (unpaired) electrons. The molecule has 6 rings (SSSR count). The first kappa shape index (κ1) is 24.2. The number of nitrogens with one attached hydrogen (secondary N) is 1. The third-order valence-corrected chi connectivity index (χ3v) is 8.29. The minimum atomic E-state index is -1.52. The monoisotopic (exact) mass is 507 g/mol. The van der Waals surface area contributed by atoms with Crippen LogP contribution >= 0.6 is 0 Å². The van der Waals surface area contributed by atoms with E-state index < -0.39 is 11.6 Å². The van der Waals surface area contributed by atoms with Gasteiger partial charge in [0.2, 0.25) is 0 Å². The number of cyclic esters (lactones) is 1. The molecule has 194 valence electrons. The van der Waals surface area contributed by atoms with E-state index in [1.54, 1.807) is 30.5 Å². The highest BCUT2D eigenvalue weighted by Gasteiger charge is 2.40. The van der Waals surface area contributed by atoms with Crippen molar-refractivity contribution in [1.29, 1.82) is 0 Å². The van der Waals surface area contributed by atoms with Gasteiger partial charge in [-0.05, 0) is 67.5 Å². The van der Waals surface area contributed by atoms with Crippen molar-refractivity contribution in [2.75, 3.05) is 6.54 Å². The molecule has 0 spiro atoms. The van der Waals surface area contributed by atoms with Crippen LogP contribution in [-0.2, 0) is 34.8 Å². The number of ether oxygens (including phenoxy) is 1. The highest BCUT2D eigenvalue weighted by atomic mass is 19.1. The Labute approximate surface area is 213 Å². The zero-order chi connectivity index (χ0) is 26.1. The fraction of sp³-hybridized carbons (Fsp3) is 0.464. The van der Waals surface area contributed by atoms with Crippen molar-refractivity contribution in [3.05, 3.63) is 62.2 Å². The Morgan fingerprint density at radius 3 is 2.76 bits per heavy atom. The number of halogens is 1. The second kappa shape index (κ2) is 8.72. The Kier molecular flexibility index (Phi) is 5.70. The van der Waals surface area contributed by atoms with Crippen molar-refractivity contribution >= 4 is 16.9 Å². The summed E-state index contributed by atoms with van der Waals surface area (Å²) in [5, 5.41) is 25.3. The van der Waals surface area contributed by atoms with Crippen LogP contribution in [0.2, 0.25) is 0 Å². The molecule has 3 aromatic rings. The molecule has 0 saturated heterocycles. The van der Waals surface area contributed by atoms with E-state index >= 15 is 0 Å². The van der Waals surface area contributed by atoms with Crippen LogP contribution in [0, 0.1) is 18.7 Å². The van der Waals surface area contributed by atoms with Crippen molar-refractivity contribution in [3.8, 4) is 11.4 Å². The number of nitrogens with zero attached hydrogens (tertiary/aromatic N) is 2. The average molecular weight is 508 g/mol. The third kappa shape index (κ3) is 3.88. The van der Waals surface area contributed by atoms with Gasteiger partial charge in [0.05, 0.1) is 41.5 Å². The summed E-state index contributed by atoms with van der Waals surface area (Å²) >= 11 is 0. The van der Waals surface area contributed by atoms with Gasteiger partial charge in [-0.25, -0.2) is 9.37 Å². The Morgan fingerprint density at radius 2 is 2.03 bits per heavy atom. The molecule has 1 aromatic carbocycles. The van der Waals surface area contributed by atoms with Crippen LogP contribution in [0.3, 0.4) is 0 Å². The minimum absolute atomic E-state index is 0.187. The summed E-state index contributed by atoms with van der Waals surface area (Å²) in [5.74, 6) is -0.483. The third-order valence-electron chi connectivity index (χ3n) is 8.29. The van der Waals surface area contributed by atoms with E-state index in [1.807, 2.05) is 0 Å². The Bertz CT molecular complexity index is 1510. The lowest BCUT2D eigenvalue weighted by Crippen LogP contribution is -2.36. The number of carbonyl (C=O) groups excluding carboxylic acids is 1. The van der Waals surface area contributed by atoms with E-state index in [1.165, 1.54) is 6.07 Å². The van der Waals surface area contributed by atoms with Gasteiger partial charge in [0.25, 0.3) is 5.56 Å². The van der Waals surface area contributed by atoms with Crippen molar-refractivity contribution in [1.82, 2.24) is 14.9 Å². The molecule has 2 aliphatic heterocycles. The van der Waals surface area contributed by atoms with E-state index in [0.29, 0.717) is 40.5 Å². The number of fused-ring (bicyclic) bond motifs is 5. The highest BCUT2D eigenvalue weighted by molar-refractivity contribution is 5.88. The van der Waals surface area contributed by atoms with Crippen LogP contribution in [0.1, 0.15) is 60.4 Å².